The Labute approximate surface area is 126 Å². The van der Waals surface area contributed by atoms with Gasteiger partial charge in [0.15, 0.2) is 5.69 Å². The third kappa shape index (κ3) is 2.80. The minimum absolute atomic E-state index is 0.00877. The molecule has 3 rings (SSSR count). The second kappa shape index (κ2) is 6.15. The van der Waals surface area contributed by atoms with Gasteiger partial charge in [0, 0.05) is 6.54 Å². The zero-order valence-corrected chi connectivity index (χ0v) is 11.8. The molecule has 116 valence electrons. The highest BCUT2D eigenvalue weighted by Crippen LogP contribution is 2.24. The van der Waals surface area contributed by atoms with E-state index in [1.165, 1.54) is 4.68 Å². The number of carbonyl (C=O) groups excluding carboxylic acids is 1. The summed E-state index contributed by atoms with van der Waals surface area (Å²) >= 11 is 0. The van der Waals surface area contributed by atoms with E-state index in [0.717, 1.165) is 5.56 Å². The number of nitrogens with one attached hydrogen (secondary N) is 1. The van der Waals surface area contributed by atoms with Crippen molar-refractivity contribution >= 4 is 5.91 Å². The topological polar surface area (TPSA) is 76.4 Å². The predicted octanol–water partition coefficient (Wildman–Crippen LogP) is 1.27. The van der Waals surface area contributed by atoms with Gasteiger partial charge in [-0.1, -0.05) is 30.3 Å². The van der Waals surface area contributed by atoms with Gasteiger partial charge in [-0.2, -0.15) is 9.49 Å². The first kappa shape index (κ1) is 14.5. The first-order valence-corrected chi connectivity index (χ1v) is 7.07. The Morgan fingerprint density at radius 3 is 2.95 bits per heavy atom. The maximum absolute atomic E-state index is 13.9. The number of benzene rings is 1. The highest BCUT2D eigenvalue weighted by molar-refractivity contribution is 5.92. The van der Waals surface area contributed by atoms with E-state index < -0.39 is 17.8 Å². The third-order valence-corrected chi connectivity index (χ3v) is 3.50. The van der Waals surface area contributed by atoms with Crippen molar-refractivity contribution in [2.24, 2.45) is 0 Å². The van der Waals surface area contributed by atoms with Crippen molar-refractivity contribution in [3.05, 3.63) is 47.4 Å². The van der Waals surface area contributed by atoms with Crippen LogP contribution in [0.3, 0.4) is 0 Å². The quantitative estimate of drug-likeness (QED) is 0.872. The fraction of sp³-hybridized carbons (Fsp3) is 0.333. The van der Waals surface area contributed by atoms with Crippen LogP contribution in [-0.2, 0) is 6.54 Å². The van der Waals surface area contributed by atoms with Crippen molar-refractivity contribution in [3.8, 4) is 5.88 Å². The highest BCUT2D eigenvalue weighted by Gasteiger charge is 2.27. The zero-order valence-electron chi connectivity index (χ0n) is 11.8. The molecule has 0 bridgehead atoms. The Bertz CT molecular complexity index is 672. The summed E-state index contributed by atoms with van der Waals surface area (Å²) in [6, 6.07) is 9.14. The van der Waals surface area contributed by atoms with Crippen LogP contribution in [0.4, 0.5) is 4.39 Å². The first-order chi connectivity index (χ1) is 10.7. The van der Waals surface area contributed by atoms with Gasteiger partial charge in [0.2, 0.25) is 11.7 Å². The molecular formula is C15H16FN3O3. The lowest BCUT2D eigenvalue weighted by molar-refractivity contribution is 0.0932. The average Bonchev–Trinajstić information content (AvgIpc) is 3.11. The monoisotopic (exact) mass is 305 g/mol. The standard InChI is InChI=1S/C15H16FN3O3/c16-12-13(18-19-8-9-22-15(12)19)14(21)17-7-6-11(20)10-4-2-1-3-5-10/h1-5,11,20H,6-9H2,(H,17,21). The molecule has 1 aliphatic heterocycles. The zero-order chi connectivity index (χ0) is 15.5. The Kier molecular flexibility index (Phi) is 4.06. The summed E-state index contributed by atoms with van der Waals surface area (Å²) in [6.07, 6.45) is -0.344. The molecule has 2 N–H and O–H groups in total. The summed E-state index contributed by atoms with van der Waals surface area (Å²) in [4.78, 5) is 11.9. The minimum atomic E-state index is -0.737. The summed E-state index contributed by atoms with van der Waals surface area (Å²) in [6.45, 7) is 1.02. The van der Waals surface area contributed by atoms with Crippen LogP contribution in [0.25, 0.3) is 0 Å². The average molecular weight is 305 g/mol. The lowest BCUT2D eigenvalue weighted by Gasteiger charge is -2.11. The minimum Gasteiger partial charge on any atom is -0.474 e. The van der Waals surface area contributed by atoms with E-state index in [2.05, 4.69) is 10.4 Å². The molecule has 1 aromatic carbocycles. The first-order valence-electron chi connectivity index (χ1n) is 7.07. The number of hydrogen-bond donors (Lipinski definition) is 2. The van der Waals surface area contributed by atoms with Gasteiger partial charge in [-0.15, -0.1) is 0 Å². The van der Waals surface area contributed by atoms with E-state index in [4.69, 9.17) is 4.74 Å². The molecule has 1 amide bonds. The molecule has 1 aliphatic rings. The number of aliphatic hydroxyl groups is 1. The maximum atomic E-state index is 13.9. The number of fused-ring (bicyclic) bond motifs is 1. The smallest absolute Gasteiger partial charge is 0.275 e. The number of ether oxygens (including phenoxy) is 1. The number of halogens is 1. The van der Waals surface area contributed by atoms with Gasteiger partial charge < -0.3 is 15.2 Å². The highest BCUT2D eigenvalue weighted by atomic mass is 19.1. The third-order valence-electron chi connectivity index (χ3n) is 3.50. The molecule has 6 nitrogen and oxygen atoms in total. The molecule has 0 saturated heterocycles. The molecule has 0 radical (unpaired) electrons. The SMILES string of the molecule is O=C(NCCC(O)c1ccccc1)c1nn2c(c1F)OCC2. The largest absolute Gasteiger partial charge is 0.474 e. The van der Waals surface area contributed by atoms with Gasteiger partial charge in [-0.25, -0.2) is 4.68 Å². The van der Waals surface area contributed by atoms with Crippen molar-refractivity contribution in [1.82, 2.24) is 15.1 Å². The number of aromatic nitrogens is 2. The summed E-state index contributed by atoms with van der Waals surface area (Å²) in [5, 5.41) is 16.4. The van der Waals surface area contributed by atoms with Gasteiger partial charge in [0.25, 0.3) is 5.91 Å². The molecule has 2 aromatic rings. The number of amides is 1. The van der Waals surface area contributed by atoms with Gasteiger partial charge in [-0.05, 0) is 12.0 Å². The second-order valence-electron chi connectivity index (χ2n) is 5.01. The summed E-state index contributed by atoms with van der Waals surface area (Å²) in [5.74, 6) is -1.34. The number of carbonyl (C=O) groups is 1. The Morgan fingerprint density at radius 1 is 1.45 bits per heavy atom. The molecule has 22 heavy (non-hydrogen) atoms. The summed E-state index contributed by atoms with van der Waals surface area (Å²) in [7, 11) is 0. The lowest BCUT2D eigenvalue weighted by Crippen LogP contribution is -2.27. The molecular weight excluding hydrogens is 289 g/mol. The van der Waals surface area contributed by atoms with Crippen LogP contribution in [0.1, 0.15) is 28.6 Å². The van der Waals surface area contributed by atoms with E-state index in [-0.39, 0.29) is 18.1 Å². The molecule has 1 aromatic heterocycles. The molecule has 0 spiro atoms. The van der Waals surface area contributed by atoms with Crippen LogP contribution in [0.15, 0.2) is 30.3 Å². The van der Waals surface area contributed by atoms with Gasteiger partial charge in [-0.3, -0.25) is 4.79 Å². The number of hydrogen-bond acceptors (Lipinski definition) is 4. The van der Waals surface area contributed by atoms with Crippen LogP contribution in [0, 0.1) is 5.82 Å². The van der Waals surface area contributed by atoms with Crippen molar-refractivity contribution < 1.29 is 19.0 Å². The normalized spacial score (nSPS) is 14.3. The van der Waals surface area contributed by atoms with Crippen LogP contribution in [-0.4, -0.2) is 33.9 Å². The van der Waals surface area contributed by atoms with Gasteiger partial charge in [0.1, 0.15) is 6.61 Å². The van der Waals surface area contributed by atoms with Gasteiger partial charge >= 0.3 is 0 Å². The molecule has 1 unspecified atom stereocenters. The van der Waals surface area contributed by atoms with E-state index in [1.807, 2.05) is 30.3 Å². The van der Waals surface area contributed by atoms with Crippen molar-refractivity contribution in [2.75, 3.05) is 13.2 Å². The van der Waals surface area contributed by atoms with E-state index in [9.17, 15) is 14.3 Å². The molecule has 2 heterocycles. The van der Waals surface area contributed by atoms with Crippen molar-refractivity contribution in [2.45, 2.75) is 19.1 Å². The lowest BCUT2D eigenvalue weighted by atomic mass is 10.1. The molecule has 0 aliphatic carbocycles. The number of aliphatic hydroxyl groups excluding tert-OH is 1. The van der Waals surface area contributed by atoms with E-state index >= 15 is 0 Å². The summed E-state index contributed by atoms with van der Waals surface area (Å²) in [5.41, 5.74) is 0.501. The van der Waals surface area contributed by atoms with E-state index in [1.54, 1.807) is 0 Å². The molecule has 7 heteroatoms. The summed E-state index contributed by atoms with van der Waals surface area (Å²) < 4.78 is 20.3. The van der Waals surface area contributed by atoms with Crippen LogP contribution in [0.5, 0.6) is 5.88 Å². The molecule has 0 fully saturated rings. The van der Waals surface area contributed by atoms with Crippen LogP contribution in [0.2, 0.25) is 0 Å². The Balaban J connectivity index is 1.55. The fourth-order valence-electron chi connectivity index (χ4n) is 2.34. The fourth-order valence-corrected chi connectivity index (χ4v) is 2.34. The Morgan fingerprint density at radius 2 is 2.23 bits per heavy atom. The van der Waals surface area contributed by atoms with Crippen LogP contribution >= 0.6 is 0 Å². The molecule has 1 atom stereocenters. The van der Waals surface area contributed by atoms with E-state index in [0.29, 0.717) is 19.6 Å². The van der Waals surface area contributed by atoms with Gasteiger partial charge in [0.05, 0.1) is 12.6 Å². The second-order valence-corrected chi connectivity index (χ2v) is 5.01. The molecule has 0 saturated carbocycles. The van der Waals surface area contributed by atoms with Crippen molar-refractivity contribution in [1.29, 1.82) is 0 Å². The Hall–Kier alpha value is -2.41. The maximum Gasteiger partial charge on any atom is 0.275 e. The number of rotatable bonds is 5. The van der Waals surface area contributed by atoms with Crippen molar-refractivity contribution in [3.63, 3.8) is 0 Å². The number of nitrogens with zero attached hydrogens (tertiary/aromatic N) is 2. The van der Waals surface area contributed by atoms with Crippen LogP contribution < -0.4 is 10.1 Å². The predicted molar refractivity (Wildman–Crippen MR) is 76.0 cm³/mol.